The van der Waals surface area contributed by atoms with Crippen LogP contribution in [0.3, 0.4) is 0 Å². The van der Waals surface area contributed by atoms with Gasteiger partial charge in [0.25, 0.3) is 0 Å². The molecule has 0 radical (unpaired) electrons. The highest BCUT2D eigenvalue weighted by molar-refractivity contribution is 8.00. The van der Waals surface area contributed by atoms with Gasteiger partial charge in [-0.25, -0.2) is 0 Å². The van der Waals surface area contributed by atoms with Crippen LogP contribution in [0.1, 0.15) is 5.56 Å². The van der Waals surface area contributed by atoms with Crippen LogP contribution in [0.4, 0.5) is 5.69 Å². The van der Waals surface area contributed by atoms with Crippen LogP contribution in [0.15, 0.2) is 59.5 Å². The number of carbonyl (C=O) groups is 1. The molecular formula is C16H16ClNOS. The summed E-state index contributed by atoms with van der Waals surface area (Å²) in [5, 5.41) is 2.89. The number of carbonyl (C=O) groups excluding carboxylic acids is 1. The van der Waals surface area contributed by atoms with Crippen molar-refractivity contribution in [2.45, 2.75) is 11.3 Å². The molecule has 0 atom stereocenters. The molecule has 2 rings (SSSR count). The molecule has 1 N–H and O–H groups in total. The van der Waals surface area contributed by atoms with Gasteiger partial charge < -0.3 is 5.32 Å². The first-order valence-corrected chi connectivity index (χ1v) is 7.92. The molecule has 0 unspecified atom stereocenters. The van der Waals surface area contributed by atoms with Gasteiger partial charge >= 0.3 is 0 Å². The highest BCUT2D eigenvalue weighted by Crippen LogP contribution is 2.17. The van der Waals surface area contributed by atoms with Gasteiger partial charge in [-0.1, -0.05) is 30.3 Å². The molecular weight excluding hydrogens is 290 g/mol. The molecule has 0 bridgehead atoms. The van der Waals surface area contributed by atoms with Gasteiger partial charge in [-0.2, -0.15) is 0 Å². The third-order valence-corrected chi connectivity index (χ3v) is 3.94. The normalized spacial score (nSPS) is 10.2. The number of hydrogen-bond acceptors (Lipinski definition) is 2. The molecule has 0 saturated heterocycles. The number of alkyl halides is 1. The zero-order chi connectivity index (χ0) is 14.2. The van der Waals surface area contributed by atoms with Gasteiger partial charge in [-0.3, -0.25) is 4.79 Å². The molecule has 0 heterocycles. The second-order valence-corrected chi connectivity index (χ2v) is 5.71. The lowest BCUT2D eigenvalue weighted by Gasteiger charge is -2.06. The topological polar surface area (TPSA) is 29.1 Å². The standard InChI is InChI=1S/C16H16ClNOS/c17-11-10-13-6-8-14(9-7-13)18-16(19)12-20-15-4-2-1-3-5-15/h1-9H,10-12H2,(H,18,19). The second-order valence-electron chi connectivity index (χ2n) is 4.29. The Morgan fingerprint density at radius 2 is 1.75 bits per heavy atom. The lowest BCUT2D eigenvalue weighted by atomic mass is 10.1. The van der Waals surface area contributed by atoms with Crippen LogP contribution >= 0.6 is 23.4 Å². The van der Waals surface area contributed by atoms with Crippen molar-refractivity contribution in [2.75, 3.05) is 16.9 Å². The van der Waals surface area contributed by atoms with E-state index < -0.39 is 0 Å². The molecule has 20 heavy (non-hydrogen) atoms. The predicted molar refractivity (Wildman–Crippen MR) is 86.7 cm³/mol. The Hall–Kier alpha value is -1.45. The summed E-state index contributed by atoms with van der Waals surface area (Å²) < 4.78 is 0. The summed E-state index contributed by atoms with van der Waals surface area (Å²) in [4.78, 5) is 12.9. The Balaban J connectivity index is 1.82. The maximum atomic E-state index is 11.8. The second kappa shape index (κ2) is 7.98. The Morgan fingerprint density at radius 1 is 1.05 bits per heavy atom. The smallest absolute Gasteiger partial charge is 0.234 e. The van der Waals surface area contributed by atoms with Gasteiger partial charge in [0.05, 0.1) is 5.75 Å². The first-order chi connectivity index (χ1) is 9.78. The average Bonchev–Trinajstić information content (AvgIpc) is 2.49. The molecule has 104 valence electrons. The molecule has 0 aliphatic carbocycles. The summed E-state index contributed by atoms with van der Waals surface area (Å²) >= 11 is 7.22. The number of thioether (sulfide) groups is 1. The van der Waals surface area contributed by atoms with Crippen molar-refractivity contribution in [3.8, 4) is 0 Å². The van der Waals surface area contributed by atoms with E-state index in [4.69, 9.17) is 11.6 Å². The molecule has 0 fully saturated rings. The quantitative estimate of drug-likeness (QED) is 0.640. The van der Waals surface area contributed by atoms with Crippen LogP contribution in [-0.4, -0.2) is 17.5 Å². The van der Waals surface area contributed by atoms with E-state index in [1.165, 1.54) is 17.3 Å². The summed E-state index contributed by atoms with van der Waals surface area (Å²) in [7, 11) is 0. The van der Waals surface area contributed by atoms with Crippen molar-refractivity contribution >= 4 is 35.0 Å². The Labute approximate surface area is 128 Å². The lowest BCUT2D eigenvalue weighted by Crippen LogP contribution is -2.13. The summed E-state index contributed by atoms with van der Waals surface area (Å²) in [6, 6.07) is 17.7. The van der Waals surface area contributed by atoms with Crippen LogP contribution in [-0.2, 0) is 11.2 Å². The minimum absolute atomic E-state index is 0.00365. The predicted octanol–water partition coefficient (Wildman–Crippen LogP) is 4.20. The van der Waals surface area contributed by atoms with Gasteiger partial charge in [-0.05, 0) is 36.2 Å². The first kappa shape index (κ1) is 14.9. The van der Waals surface area contributed by atoms with Crippen LogP contribution in [0.5, 0.6) is 0 Å². The number of nitrogens with one attached hydrogen (secondary N) is 1. The molecule has 0 aromatic heterocycles. The third kappa shape index (κ3) is 4.91. The monoisotopic (exact) mass is 305 g/mol. The first-order valence-electron chi connectivity index (χ1n) is 6.40. The van der Waals surface area contributed by atoms with E-state index in [2.05, 4.69) is 5.32 Å². The number of benzene rings is 2. The number of halogens is 1. The van der Waals surface area contributed by atoms with Gasteiger partial charge in [0.2, 0.25) is 5.91 Å². The van der Waals surface area contributed by atoms with Crippen LogP contribution in [0.2, 0.25) is 0 Å². The third-order valence-electron chi connectivity index (χ3n) is 2.73. The van der Waals surface area contributed by atoms with E-state index >= 15 is 0 Å². The number of amides is 1. The fourth-order valence-corrected chi connectivity index (χ4v) is 2.66. The zero-order valence-corrected chi connectivity index (χ0v) is 12.6. The van der Waals surface area contributed by atoms with Crippen molar-refractivity contribution < 1.29 is 4.79 Å². The number of anilines is 1. The Bertz CT molecular complexity index is 542. The van der Waals surface area contributed by atoms with Gasteiger partial charge in [0.15, 0.2) is 0 Å². The zero-order valence-electron chi connectivity index (χ0n) is 11.0. The summed E-state index contributed by atoms with van der Waals surface area (Å²) in [6.45, 7) is 0. The molecule has 2 aromatic rings. The summed E-state index contributed by atoms with van der Waals surface area (Å²) in [5.74, 6) is 1.02. The van der Waals surface area contributed by atoms with Crippen molar-refractivity contribution in [1.29, 1.82) is 0 Å². The van der Waals surface area contributed by atoms with Gasteiger partial charge in [0, 0.05) is 16.5 Å². The van der Waals surface area contributed by atoms with Gasteiger partial charge in [-0.15, -0.1) is 23.4 Å². The minimum atomic E-state index is 0.00365. The highest BCUT2D eigenvalue weighted by atomic mass is 35.5. The largest absolute Gasteiger partial charge is 0.325 e. The molecule has 0 aliphatic heterocycles. The summed E-state index contributed by atoms with van der Waals surface area (Å²) in [5.41, 5.74) is 2.00. The van der Waals surface area contributed by atoms with Crippen molar-refractivity contribution in [1.82, 2.24) is 0 Å². The highest BCUT2D eigenvalue weighted by Gasteiger charge is 2.03. The average molecular weight is 306 g/mol. The fraction of sp³-hybridized carbons (Fsp3) is 0.188. The van der Waals surface area contributed by atoms with Crippen molar-refractivity contribution in [3.05, 3.63) is 60.2 Å². The van der Waals surface area contributed by atoms with E-state index in [0.717, 1.165) is 17.0 Å². The molecule has 2 nitrogen and oxygen atoms in total. The van der Waals surface area contributed by atoms with Crippen molar-refractivity contribution in [3.63, 3.8) is 0 Å². The van der Waals surface area contributed by atoms with E-state index in [1.54, 1.807) is 0 Å². The van der Waals surface area contributed by atoms with Crippen LogP contribution < -0.4 is 5.32 Å². The SMILES string of the molecule is O=C(CSc1ccccc1)Nc1ccc(CCCl)cc1. The van der Waals surface area contributed by atoms with Crippen LogP contribution in [0, 0.1) is 0 Å². The molecule has 1 amide bonds. The summed E-state index contributed by atoms with van der Waals surface area (Å²) in [6.07, 6.45) is 0.847. The van der Waals surface area contributed by atoms with E-state index in [1.807, 2.05) is 54.6 Å². The maximum Gasteiger partial charge on any atom is 0.234 e. The Kier molecular flexibility index (Phi) is 5.96. The van der Waals surface area contributed by atoms with E-state index in [0.29, 0.717) is 11.6 Å². The minimum Gasteiger partial charge on any atom is -0.325 e. The number of aryl methyl sites for hydroxylation is 1. The molecule has 0 spiro atoms. The van der Waals surface area contributed by atoms with Gasteiger partial charge in [0.1, 0.15) is 0 Å². The fourth-order valence-electron chi connectivity index (χ4n) is 1.73. The number of rotatable bonds is 6. The number of hydrogen-bond donors (Lipinski definition) is 1. The Morgan fingerprint density at radius 3 is 2.40 bits per heavy atom. The molecule has 0 aliphatic rings. The maximum absolute atomic E-state index is 11.8. The van der Waals surface area contributed by atoms with E-state index in [9.17, 15) is 4.79 Å². The molecule has 2 aromatic carbocycles. The van der Waals surface area contributed by atoms with Crippen molar-refractivity contribution in [2.24, 2.45) is 0 Å². The lowest BCUT2D eigenvalue weighted by molar-refractivity contribution is -0.113. The van der Waals surface area contributed by atoms with E-state index in [-0.39, 0.29) is 5.91 Å². The molecule has 0 saturated carbocycles. The molecule has 4 heteroatoms. The van der Waals surface area contributed by atoms with Crippen LogP contribution in [0.25, 0.3) is 0 Å².